The highest BCUT2D eigenvalue weighted by atomic mass is 16.6. The molecule has 0 aliphatic carbocycles. The zero-order valence-corrected chi connectivity index (χ0v) is 15.7. The molecule has 26 heavy (non-hydrogen) atoms. The summed E-state index contributed by atoms with van der Waals surface area (Å²) < 4.78 is 16.2. The van der Waals surface area contributed by atoms with E-state index in [1.54, 1.807) is 0 Å². The van der Waals surface area contributed by atoms with E-state index in [2.05, 4.69) is 6.07 Å². The van der Waals surface area contributed by atoms with Gasteiger partial charge in [0.1, 0.15) is 25.1 Å². The molecule has 0 saturated heterocycles. The lowest BCUT2D eigenvalue weighted by Gasteiger charge is -2.21. The largest absolute Gasteiger partial charge is 0.491 e. The number of hydrogen-bond donors (Lipinski definition) is 1. The van der Waals surface area contributed by atoms with Crippen molar-refractivity contribution in [2.24, 2.45) is 5.41 Å². The highest BCUT2D eigenvalue weighted by Gasteiger charge is 2.27. The molecule has 0 aliphatic rings. The number of hydrogen-bond acceptors (Lipinski definition) is 5. The molecule has 0 fully saturated rings. The molecule has 0 spiro atoms. The van der Waals surface area contributed by atoms with E-state index in [4.69, 9.17) is 14.2 Å². The number of benzene rings is 2. The third-order valence-corrected chi connectivity index (χ3v) is 4.37. The summed E-state index contributed by atoms with van der Waals surface area (Å²) in [5.74, 6) is 0.474. The van der Waals surface area contributed by atoms with Crippen molar-refractivity contribution in [3.8, 4) is 5.75 Å². The Morgan fingerprint density at radius 3 is 2.54 bits per heavy atom. The van der Waals surface area contributed by atoms with Crippen LogP contribution in [0.5, 0.6) is 5.75 Å². The molecule has 0 amide bonds. The summed E-state index contributed by atoms with van der Waals surface area (Å²) in [5.41, 5.74) is -0.533. The van der Waals surface area contributed by atoms with Gasteiger partial charge in [0.25, 0.3) is 0 Å². The quantitative estimate of drug-likeness (QED) is 0.518. The Morgan fingerprint density at radius 2 is 1.81 bits per heavy atom. The van der Waals surface area contributed by atoms with Gasteiger partial charge in [-0.3, -0.25) is 4.79 Å². The van der Waals surface area contributed by atoms with Gasteiger partial charge in [-0.15, -0.1) is 0 Å². The van der Waals surface area contributed by atoms with Crippen LogP contribution in [0.3, 0.4) is 0 Å². The maximum absolute atomic E-state index is 11.8. The Hall–Kier alpha value is -2.11. The standard InChI is InChI=1S/C21H28O5/c1-4-21(2,3)20(23)26-15-18(22)14-24-11-12-25-19-10-9-16-7-5-6-8-17(16)13-19/h5-10,13,18,22H,4,11-12,14-15H2,1-3H3. The number of aliphatic hydroxyl groups is 1. The second-order valence-corrected chi connectivity index (χ2v) is 6.92. The molecule has 1 unspecified atom stereocenters. The number of fused-ring (bicyclic) bond motifs is 1. The van der Waals surface area contributed by atoms with Crippen LogP contribution in [0, 0.1) is 5.41 Å². The molecule has 0 radical (unpaired) electrons. The van der Waals surface area contributed by atoms with Crippen molar-refractivity contribution in [2.45, 2.75) is 33.3 Å². The number of ether oxygens (including phenoxy) is 3. The maximum atomic E-state index is 11.8. The van der Waals surface area contributed by atoms with Gasteiger partial charge in [0, 0.05) is 0 Å². The van der Waals surface area contributed by atoms with Gasteiger partial charge < -0.3 is 19.3 Å². The van der Waals surface area contributed by atoms with Crippen molar-refractivity contribution in [3.63, 3.8) is 0 Å². The molecule has 0 saturated carbocycles. The number of carbonyl (C=O) groups is 1. The van der Waals surface area contributed by atoms with E-state index < -0.39 is 11.5 Å². The van der Waals surface area contributed by atoms with Crippen molar-refractivity contribution in [1.82, 2.24) is 0 Å². The summed E-state index contributed by atoms with van der Waals surface area (Å²) in [6.45, 7) is 6.34. The Balaban J connectivity index is 1.63. The second kappa shape index (κ2) is 9.55. The molecule has 1 N–H and O–H groups in total. The average molecular weight is 360 g/mol. The first-order valence-electron chi connectivity index (χ1n) is 8.97. The zero-order chi connectivity index (χ0) is 19.0. The Bertz CT molecular complexity index is 710. The Morgan fingerprint density at radius 1 is 1.08 bits per heavy atom. The second-order valence-electron chi connectivity index (χ2n) is 6.92. The molecule has 2 rings (SSSR count). The van der Waals surface area contributed by atoms with E-state index in [1.165, 1.54) is 5.39 Å². The normalized spacial score (nSPS) is 12.8. The van der Waals surface area contributed by atoms with Crippen molar-refractivity contribution in [1.29, 1.82) is 0 Å². The summed E-state index contributed by atoms with van der Waals surface area (Å²) in [6, 6.07) is 14.0. The van der Waals surface area contributed by atoms with Crippen molar-refractivity contribution in [3.05, 3.63) is 42.5 Å². The van der Waals surface area contributed by atoms with Gasteiger partial charge in [-0.2, -0.15) is 0 Å². The van der Waals surface area contributed by atoms with Crippen LogP contribution >= 0.6 is 0 Å². The fourth-order valence-electron chi connectivity index (χ4n) is 2.25. The molecule has 0 aromatic heterocycles. The molecule has 2 aromatic carbocycles. The van der Waals surface area contributed by atoms with Crippen LogP contribution in [0.15, 0.2) is 42.5 Å². The first-order chi connectivity index (χ1) is 12.4. The number of aliphatic hydroxyl groups excluding tert-OH is 1. The van der Waals surface area contributed by atoms with Crippen LogP contribution in [-0.4, -0.2) is 43.6 Å². The van der Waals surface area contributed by atoms with Gasteiger partial charge in [0.2, 0.25) is 0 Å². The van der Waals surface area contributed by atoms with E-state index in [0.717, 1.165) is 11.1 Å². The van der Waals surface area contributed by atoms with Gasteiger partial charge in [-0.25, -0.2) is 0 Å². The lowest BCUT2D eigenvalue weighted by atomic mass is 9.91. The molecule has 0 bridgehead atoms. The lowest BCUT2D eigenvalue weighted by Crippen LogP contribution is -2.31. The van der Waals surface area contributed by atoms with Crippen molar-refractivity contribution >= 4 is 16.7 Å². The molecular weight excluding hydrogens is 332 g/mol. The summed E-state index contributed by atoms with van der Waals surface area (Å²) in [7, 11) is 0. The smallest absolute Gasteiger partial charge is 0.311 e. The number of carbonyl (C=O) groups excluding carboxylic acids is 1. The lowest BCUT2D eigenvalue weighted by molar-refractivity contribution is -0.158. The zero-order valence-electron chi connectivity index (χ0n) is 15.7. The molecule has 5 heteroatoms. The van der Waals surface area contributed by atoms with Crippen LogP contribution in [-0.2, 0) is 14.3 Å². The molecule has 0 heterocycles. The Kier molecular flexibility index (Phi) is 7.42. The molecule has 5 nitrogen and oxygen atoms in total. The predicted octanol–water partition coefficient (Wildman–Crippen LogP) is 3.58. The number of esters is 1. The van der Waals surface area contributed by atoms with E-state index in [1.807, 2.05) is 57.2 Å². The monoisotopic (exact) mass is 360 g/mol. The SMILES string of the molecule is CCC(C)(C)C(=O)OCC(O)COCCOc1ccc2ccccc2c1. The summed E-state index contributed by atoms with van der Waals surface area (Å²) in [5, 5.41) is 12.1. The van der Waals surface area contributed by atoms with Gasteiger partial charge in [-0.1, -0.05) is 37.3 Å². The van der Waals surface area contributed by atoms with Crippen molar-refractivity contribution < 1.29 is 24.1 Å². The average Bonchev–Trinajstić information content (AvgIpc) is 2.65. The highest BCUT2D eigenvalue weighted by Crippen LogP contribution is 2.22. The molecule has 142 valence electrons. The highest BCUT2D eigenvalue weighted by molar-refractivity contribution is 5.83. The van der Waals surface area contributed by atoms with Crippen LogP contribution in [0.25, 0.3) is 10.8 Å². The van der Waals surface area contributed by atoms with Gasteiger partial charge in [0.15, 0.2) is 0 Å². The summed E-state index contributed by atoms with van der Waals surface area (Å²) in [6.07, 6.45) is -0.155. The molecule has 2 aromatic rings. The van der Waals surface area contributed by atoms with Crippen molar-refractivity contribution in [2.75, 3.05) is 26.4 Å². The van der Waals surface area contributed by atoms with E-state index in [-0.39, 0.29) is 19.2 Å². The first kappa shape index (κ1) is 20.2. The Labute approximate surface area is 154 Å². The predicted molar refractivity (Wildman–Crippen MR) is 101 cm³/mol. The maximum Gasteiger partial charge on any atom is 0.311 e. The minimum Gasteiger partial charge on any atom is -0.491 e. The number of rotatable bonds is 10. The minimum absolute atomic E-state index is 0.0617. The van der Waals surface area contributed by atoms with Gasteiger partial charge in [-0.05, 0) is 43.2 Å². The topological polar surface area (TPSA) is 65.0 Å². The van der Waals surface area contributed by atoms with E-state index in [9.17, 15) is 9.90 Å². The van der Waals surface area contributed by atoms with Crippen LogP contribution < -0.4 is 4.74 Å². The third-order valence-electron chi connectivity index (χ3n) is 4.37. The fraction of sp³-hybridized carbons (Fsp3) is 0.476. The molecule has 1 atom stereocenters. The van der Waals surface area contributed by atoms with Crippen LogP contribution in [0.2, 0.25) is 0 Å². The van der Waals surface area contributed by atoms with Gasteiger partial charge >= 0.3 is 5.97 Å². The van der Waals surface area contributed by atoms with Crippen LogP contribution in [0.4, 0.5) is 0 Å². The third kappa shape index (κ3) is 6.00. The summed E-state index contributed by atoms with van der Waals surface area (Å²) >= 11 is 0. The van der Waals surface area contributed by atoms with E-state index >= 15 is 0 Å². The van der Waals surface area contributed by atoms with Crippen LogP contribution in [0.1, 0.15) is 27.2 Å². The fourth-order valence-corrected chi connectivity index (χ4v) is 2.25. The first-order valence-corrected chi connectivity index (χ1v) is 8.97. The molecular formula is C21H28O5. The molecule has 0 aliphatic heterocycles. The van der Waals surface area contributed by atoms with E-state index in [0.29, 0.717) is 19.6 Å². The summed E-state index contributed by atoms with van der Waals surface area (Å²) in [4.78, 5) is 11.8. The van der Waals surface area contributed by atoms with Gasteiger partial charge in [0.05, 0.1) is 18.6 Å². The minimum atomic E-state index is -0.840.